The van der Waals surface area contributed by atoms with E-state index in [0.717, 1.165) is 27.8 Å². The van der Waals surface area contributed by atoms with E-state index in [0.29, 0.717) is 5.75 Å². The summed E-state index contributed by atoms with van der Waals surface area (Å²) in [6, 6.07) is 47.2. The van der Waals surface area contributed by atoms with Gasteiger partial charge in [-0.2, -0.15) is 11.8 Å². The lowest BCUT2D eigenvalue weighted by Gasteiger charge is -2.36. The van der Waals surface area contributed by atoms with Crippen LogP contribution in [0.1, 0.15) is 34.2 Å². The van der Waals surface area contributed by atoms with Gasteiger partial charge in [0.2, 0.25) is 11.8 Å². The second-order valence-electron chi connectivity index (χ2n) is 12.5. The molecular weight excluding hydrogens is 731 g/mol. The fraction of sp³-hybridized carbons (Fsp3) is 0.227. The van der Waals surface area contributed by atoms with E-state index >= 15 is 0 Å². The summed E-state index contributed by atoms with van der Waals surface area (Å²) in [5.41, 5.74) is 4.93. The van der Waals surface area contributed by atoms with Gasteiger partial charge < -0.3 is 25.4 Å². The molecule has 0 bridgehead atoms. The molecule has 0 aliphatic carbocycles. The van der Waals surface area contributed by atoms with Crippen LogP contribution in [0.15, 0.2) is 152 Å². The molecule has 0 aromatic heterocycles. The number of hydrogen-bond acceptors (Lipinski definition) is 8. The topological polar surface area (TPSA) is 123 Å². The Morgan fingerprint density at radius 2 is 1.11 bits per heavy atom. The van der Waals surface area contributed by atoms with Crippen LogP contribution in [0, 0.1) is 0 Å². The van der Waals surface area contributed by atoms with E-state index in [1.165, 1.54) is 30.6 Å². The average Bonchev–Trinajstić information content (AvgIpc) is 3.24. The Balaban J connectivity index is 1.30. The van der Waals surface area contributed by atoms with E-state index in [1.807, 2.05) is 115 Å². The number of carbonyl (C=O) groups is 4. The quantitative estimate of drug-likeness (QED) is 0.0600. The van der Waals surface area contributed by atoms with Crippen LogP contribution in [-0.4, -0.2) is 61.1 Å². The van der Waals surface area contributed by atoms with Crippen LogP contribution in [-0.2, 0) is 41.0 Å². The van der Waals surface area contributed by atoms with Gasteiger partial charge in [-0.3, -0.25) is 9.59 Å². The summed E-state index contributed by atoms with van der Waals surface area (Å²) in [5, 5.41) is 8.31. The van der Waals surface area contributed by atoms with Crippen molar-refractivity contribution in [2.24, 2.45) is 0 Å². The normalized spacial score (nSPS) is 12.1. The van der Waals surface area contributed by atoms with Gasteiger partial charge in [0.1, 0.15) is 18.7 Å². The Morgan fingerprint density at radius 3 is 1.62 bits per heavy atom. The Kier molecular flexibility index (Phi) is 15.8. The molecule has 0 heterocycles. The molecule has 5 aromatic carbocycles. The van der Waals surface area contributed by atoms with Gasteiger partial charge in [0.05, 0.1) is 11.9 Å². The number of rotatable bonds is 19. The largest absolute Gasteiger partial charge is 0.467 e. The molecule has 0 aliphatic rings. The van der Waals surface area contributed by atoms with Gasteiger partial charge in [-0.15, -0.1) is 11.8 Å². The monoisotopic (exact) mass is 775 g/mol. The van der Waals surface area contributed by atoms with Crippen LogP contribution in [0.5, 0.6) is 0 Å². The molecule has 0 radical (unpaired) electrons. The standard InChI is InChI=1S/C44H45N3O6S2/c1-52-42(50)39(32-55-44(35-21-11-4-12-22-35,36-23-13-5-14-24-36)37-25-15-6-16-26-37)47-41(49)38(31-54-30-34-19-9-3-10-20-34)46-40(48)27-28-45-43(51)53-29-33-17-7-2-8-18-33/h2-26,38-39H,27-32H2,1H3,(H,45,51)(H,46,48)(H,47,49)/t38-,39+/m1/s1. The maximum atomic E-state index is 14.0. The third kappa shape index (κ3) is 12.0. The van der Waals surface area contributed by atoms with E-state index in [1.54, 1.807) is 0 Å². The van der Waals surface area contributed by atoms with Crippen molar-refractivity contribution in [1.29, 1.82) is 0 Å². The van der Waals surface area contributed by atoms with Gasteiger partial charge >= 0.3 is 12.1 Å². The van der Waals surface area contributed by atoms with E-state index in [-0.39, 0.29) is 31.1 Å². The fourth-order valence-electron chi connectivity index (χ4n) is 5.93. The number of thioether (sulfide) groups is 2. The van der Waals surface area contributed by atoms with Crippen molar-refractivity contribution in [3.05, 3.63) is 179 Å². The number of nitrogens with one attached hydrogen (secondary N) is 3. The maximum absolute atomic E-state index is 14.0. The number of carbonyl (C=O) groups excluding carboxylic acids is 4. The highest BCUT2D eigenvalue weighted by molar-refractivity contribution is 8.00. The molecule has 3 N–H and O–H groups in total. The molecule has 2 atom stereocenters. The van der Waals surface area contributed by atoms with Crippen molar-refractivity contribution < 1.29 is 28.7 Å². The molecule has 9 nitrogen and oxygen atoms in total. The van der Waals surface area contributed by atoms with Gasteiger partial charge in [-0.1, -0.05) is 152 Å². The zero-order valence-corrected chi connectivity index (χ0v) is 32.2. The molecule has 0 aliphatic heterocycles. The SMILES string of the molecule is COC(=O)[C@H](CSC(c1ccccc1)(c1ccccc1)c1ccccc1)NC(=O)[C@@H](CSCc1ccccc1)NC(=O)CCNC(=O)OCc1ccccc1. The number of alkyl carbamates (subject to hydrolysis) is 1. The van der Waals surface area contributed by atoms with Crippen molar-refractivity contribution in [1.82, 2.24) is 16.0 Å². The van der Waals surface area contributed by atoms with Crippen LogP contribution in [0.3, 0.4) is 0 Å². The molecular formula is C44H45N3O6S2. The molecule has 0 unspecified atom stereocenters. The number of ether oxygens (including phenoxy) is 2. The second kappa shape index (κ2) is 21.4. The lowest BCUT2D eigenvalue weighted by molar-refractivity contribution is -0.144. The van der Waals surface area contributed by atoms with E-state index < -0.39 is 40.7 Å². The van der Waals surface area contributed by atoms with Crippen LogP contribution in [0.4, 0.5) is 4.79 Å². The predicted molar refractivity (Wildman–Crippen MR) is 219 cm³/mol. The maximum Gasteiger partial charge on any atom is 0.407 e. The summed E-state index contributed by atoms with van der Waals surface area (Å²) in [6.45, 7) is 0.107. The van der Waals surface area contributed by atoms with Crippen LogP contribution < -0.4 is 16.0 Å². The Hall–Kier alpha value is -5.52. The third-order valence-electron chi connectivity index (χ3n) is 8.69. The van der Waals surface area contributed by atoms with Gasteiger partial charge in [0.25, 0.3) is 0 Å². The molecule has 3 amide bonds. The molecule has 55 heavy (non-hydrogen) atoms. The lowest BCUT2D eigenvalue weighted by atomic mass is 9.84. The molecule has 5 aromatic rings. The zero-order chi connectivity index (χ0) is 38.7. The van der Waals surface area contributed by atoms with Crippen LogP contribution in [0.2, 0.25) is 0 Å². The predicted octanol–water partition coefficient (Wildman–Crippen LogP) is 7.10. The molecule has 5 rings (SSSR count). The smallest absolute Gasteiger partial charge is 0.407 e. The zero-order valence-electron chi connectivity index (χ0n) is 30.6. The van der Waals surface area contributed by atoms with Crippen molar-refractivity contribution >= 4 is 47.4 Å². The molecule has 11 heteroatoms. The van der Waals surface area contributed by atoms with Gasteiger partial charge in [0.15, 0.2) is 0 Å². The van der Waals surface area contributed by atoms with Crippen molar-refractivity contribution in [3.8, 4) is 0 Å². The first-order valence-electron chi connectivity index (χ1n) is 17.9. The summed E-state index contributed by atoms with van der Waals surface area (Å²) in [5.74, 6) is -0.566. The minimum atomic E-state index is -1.04. The van der Waals surface area contributed by atoms with Crippen molar-refractivity contribution in [3.63, 3.8) is 0 Å². The van der Waals surface area contributed by atoms with Gasteiger partial charge in [-0.05, 0) is 27.8 Å². The number of amides is 3. The first-order chi connectivity index (χ1) is 26.9. The Labute approximate surface area is 331 Å². The molecule has 0 spiro atoms. The molecule has 0 saturated heterocycles. The van der Waals surface area contributed by atoms with Crippen LogP contribution in [0.25, 0.3) is 0 Å². The number of esters is 1. The second-order valence-corrected chi connectivity index (χ2v) is 14.8. The molecule has 0 saturated carbocycles. The first-order valence-corrected chi connectivity index (χ1v) is 20.1. The molecule has 284 valence electrons. The minimum absolute atomic E-state index is 0.00686. The van der Waals surface area contributed by atoms with E-state index in [2.05, 4.69) is 52.3 Å². The van der Waals surface area contributed by atoms with Crippen molar-refractivity contribution in [2.75, 3.05) is 25.2 Å². The summed E-state index contributed by atoms with van der Waals surface area (Å²) >= 11 is 3.00. The number of hydrogen-bond donors (Lipinski definition) is 3. The summed E-state index contributed by atoms with van der Waals surface area (Å²) in [6.07, 6.45) is -0.738. The highest BCUT2D eigenvalue weighted by Gasteiger charge is 2.39. The minimum Gasteiger partial charge on any atom is -0.467 e. The fourth-order valence-corrected chi connectivity index (χ4v) is 8.49. The number of methoxy groups -OCH3 is 1. The summed E-state index contributed by atoms with van der Waals surface area (Å²) in [4.78, 5) is 52.8. The molecule has 0 fully saturated rings. The third-order valence-corrected chi connectivity index (χ3v) is 11.4. The summed E-state index contributed by atoms with van der Waals surface area (Å²) in [7, 11) is 1.29. The van der Waals surface area contributed by atoms with Crippen LogP contribution >= 0.6 is 23.5 Å². The lowest BCUT2D eigenvalue weighted by Crippen LogP contribution is -2.54. The van der Waals surface area contributed by atoms with Gasteiger partial charge in [0, 0.05) is 30.2 Å². The Bertz CT molecular complexity index is 1840. The van der Waals surface area contributed by atoms with Gasteiger partial charge in [-0.25, -0.2) is 9.59 Å². The summed E-state index contributed by atoms with van der Waals surface area (Å²) < 4.78 is 9.70. The van der Waals surface area contributed by atoms with E-state index in [9.17, 15) is 19.2 Å². The highest BCUT2D eigenvalue weighted by Crippen LogP contribution is 2.48. The highest BCUT2D eigenvalue weighted by atomic mass is 32.2. The van der Waals surface area contributed by atoms with E-state index in [4.69, 9.17) is 9.47 Å². The average molecular weight is 776 g/mol. The van der Waals surface area contributed by atoms with Crippen molar-refractivity contribution in [2.45, 2.75) is 35.6 Å². The Morgan fingerprint density at radius 1 is 0.618 bits per heavy atom. The number of benzene rings is 5. The first kappa shape index (κ1) is 40.7.